The highest BCUT2D eigenvalue weighted by Gasteiger charge is 2.05. The summed E-state index contributed by atoms with van der Waals surface area (Å²) in [4.78, 5) is 4.15. The lowest BCUT2D eigenvalue weighted by Crippen LogP contribution is -1.99. The Morgan fingerprint density at radius 3 is 2.75 bits per heavy atom. The quantitative estimate of drug-likeness (QED) is 0.808. The van der Waals surface area contributed by atoms with Crippen molar-refractivity contribution >= 4 is 11.6 Å². The molecule has 82 valence electrons. The van der Waals surface area contributed by atoms with Gasteiger partial charge in [0.15, 0.2) is 0 Å². The van der Waals surface area contributed by atoms with E-state index in [2.05, 4.69) is 24.0 Å². The summed E-state index contributed by atoms with van der Waals surface area (Å²) >= 11 is 5.93. The summed E-state index contributed by atoms with van der Waals surface area (Å²) in [5.74, 6) is 0. The molecule has 0 atom stereocenters. The maximum Gasteiger partial charge on any atom is 0.133 e. The van der Waals surface area contributed by atoms with Crippen molar-refractivity contribution in [2.75, 3.05) is 0 Å². The molecule has 0 saturated carbocycles. The van der Waals surface area contributed by atoms with Gasteiger partial charge in [0.1, 0.15) is 5.15 Å². The van der Waals surface area contributed by atoms with Gasteiger partial charge in [0.25, 0.3) is 0 Å². The number of hydrogen-bond acceptors (Lipinski definition) is 2. The van der Waals surface area contributed by atoms with Crippen LogP contribution in [0.3, 0.4) is 0 Å². The van der Waals surface area contributed by atoms with E-state index in [9.17, 15) is 0 Å². The normalized spacial score (nSPS) is 10.4. The molecule has 0 saturated heterocycles. The van der Waals surface area contributed by atoms with Crippen LogP contribution in [0.5, 0.6) is 0 Å². The molecule has 0 amide bonds. The van der Waals surface area contributed by atoms with Gasteiger partial charge in [-0.3, -0.25) is 0 Å². The second-order valence-corrected chi connectivity index (χ2v) is 4.05. The minimum absolute atomic E-state index is 0.408. The van der Waals surface area contributed by atoms with Gasteiger partial charge in [-0.25, -0.2) is 4.98 Å². The minimum atomic E-state index is 0.408. The summed E-state index contributed by atoms with van der Waals surface area (Å²) in [5, 5.41) is 0.486. The van der Waals surface area contributed by atoms with Crippen molar-refractivity contribution in [3.05, 3.63) is 52.8 Å². The van der Waals surface area contributed by atoms with E-state index in [-0.39, 0.29) is 0 Å². The Labute approximate surface area is 100 Å². The van der Waals surface area contributed by atoms with Crippen LogP contribution < -0.4 is 5.73 Å². The van der Waals surface area contributed by atoms with Crippen molar-refractivity contribution < 1.29 is 0 Å². The summed E-state index contributed by atoms with van der Waals surface area (Å²) < 4.78 is 0. The van der Waals surface area contributed by atoms with Crippen LogP contribution >= 0.6 is 11.6 Å². The molecule has 2 nitrogen and oxygen atoms in total. The summed E-state index contributed by atoms with van der Waals surface area (Å²) in [5.41, 5.74) is 9.93. The Morgan fingerprint density at radius 1 is 1.31 bits per heavy atom. The van der Waals surface area contributed by atoms with Gasteiger partial charge in [-0.05, 0) is 24.1 Å². The van der Waals surface area contributed by atoms with Crippen LogP contribution in [0.1, 0.15) is 11.1 Å². The second kappa shape index (κ2) is 4.64. The molecule has 0 spiro atoms. The number of aryl methyl sites for hydroxylation is 1. The van der Waals surface area contributed by atoms with Crippen LogP contribution in [-0.4, -0.2) is 4.98 Å². The van der Waals surface area contributed by atoms with Gasteiger partial charge in [-0.2, -0.15) is 0 Å². The van der Waals surface area contributed by atoms with Crippen LogP contribution in [-0.2, 0) is 6.54 Å². The van der Waals surface area contributed by atoms with Gasteiger partial charge < -0.3 is 5.73 Å². The zero-order chi connectivity index (χ0) is 11.5. The maximum atomic E-state index is 5.93. The molecule has 1 heterocycles. The van der Waals surface area contributed by atoms with Crippen LogP contribution in [0.4, 0.5) is 0 Å². The fraction of sp³-hybridized carbons (Fsp3) is 0.154. The smallest absolute Gasteiger partial charge is 0.133 e. The fourth-order valence-electron chi connectivity index (χ4n) is 1.68. The molecule has 16 heavy (non-hydrogen) atoms. The third kappa shape index (κ3) is 2.08. The van der Waals surface area contributed by atoms with E-state index >= 15 is 0 Å². The third-order valence-electron chi connectivity index (χ3n) is 2.59. The van der Waals surface area contributed by atoms with Gasteiger partial charge in [0.05, 0.1) is 0 Å². The molecule has 2 aromatic rings. The summed E-state index contributed by atoms with van der Waals surface area (Å²) in [6, 6.07) is 10.2. The zero-order valence-corrected chi connectivity index (χ0v) is 9.83. The first kappa shape index (κ1) is 11.1. The molecule has 0 radical (unpaired) electrons. The van der Waals surface area contributed by atoms with Crippen LogP contribution in [0.15, 0.2) is 36.5 Å². The molecule has 0 unspecified atom stereocenters. The largest absolute Gasteiger partial charge is 0.326 e. The SMILES string of the molecule is Cc1ccccc1-c1cnc(Cl)c(CN)c1. The molecule has 2 N–H and O–H groups in total. The minimum Gasteiger partial charge on any atom is -0.326 e. The number of aromatic nitrogens is 1. The predicted molar refractivity (Wildman–Crippen MR) is 67.3 cm³/mol. The molecule has 1 aromatic heterocycles. The van der Waals surface area contributed by atoms with Crippen molar-refractivity contribution in [2.24, 2.45) is 5.73 Å². The van der Waals surface area contributed by atoms with Crippen molar-refractivity contribution in [1.82, 2.24) is 4.98 Å². The molecule has 0 aliphatic carbocycles. The number of hydrogen-bond donors (Lipinski definition) is 1. The van der Waals surface area contributed by atoms with Crippen LogP contribution in [0.25, 0.3) is 11.1 Å². The molecule has 0 bridgehead atoms. The molecular formula is C13H13ClN2. The molecule has 3 heteroatoms. The molecule has 2 rings (SSSR count). The lowest BCUT2D eigenvalue weighted by molar-refractivity contribution is 1.05. The number of rotatable bonds is 2. The first-order valence-electron chi connectivity index (χ1n) is 5.13. The summed E-state index contributed by atoms with van der Waals surface area (Å²) in [6.45, 7) is 2.48. The van der Waals surface area contributed by atoms with E-state index in [1.165, 1.54) is 11.1 Å². The lowest BCUT2D eigenvalue weighted by atomic mass is 10.0. The van der Waals surface area contributed by atoms with E-state index in [0.29, 0.717) is 11.7 Å². The van der Waals surface area contributed by atoms with Crippen molar-refractivity contribution in [1.29, 1.82) is 0 Å². The van der Waals surface area contributed by atoms with Crippen LogP contribution in [0.2, 0.25) is 5.15 Å². The average molecular weight is 233 g/mol. The highest BCUT2D eigenvalue weighted by atomic mass is 35.5. The molecule has 0 aliphatic heterocycles. The van der Waals surface area contributed by atoms with Gasteiger partial charge in [-0.1, -0.05) is 35.9 Å². The summed E-state index contributed by atoms with van der Waals surface area (Å²) in [6.07, 6.45) is 1.78. The zero-order valence-electron chi connectivity index (χ0n) is 9.07. The summed E-state index contributed by atoms with van der Waals surface area (Å²) in [7, 11) is 0. The Morgan fingerprint density at radius 2 is 2.06 bits per heavy atom. The van der Waals surface area contributed by atoms with Crippen molar-refractivity contribution in [3.8, 4) is 11.1 Å². The molecule has 1 aromatic carbocycles. The second-order valence-electron chi connectivity index (χ2n) is 3.69. The number of nitrogens with zero attached hydrogens (tertiary/aromatic N) is 1. The van der Waals surface area contributed by atoms with Gasteiger partial charge in [0.2, 0.25) is 0 Å². The van der Waals surface area contributed by atoms with E-state index < -0.39 is 0 Å². The van der Waals surface area contributed by atoms with Crippen molar-refractivity contribution in [3.63, 3.8) is 0 Å². The van der Waals surface area contributed by atoms with E-state index in [1.54, 1.807) is 6.20 Å². The highest BCUT2D eigenvalue weighted by molar-refractivity contribution is 6.30. The van der Waals surface area contributed by atoms with Crippen LogP contribution in [0, 0.1) is 6.92 Å². The maximum absolute atomic E-state index is 5.93. The lowest BCUT2D eigenvalue weighted by Gasteiger charge is -2.07. The average Bonchev–Trinajstić information content (AvgIpc) is 2.31. The molecule has 0 fully saturated rings. The highest BCUT2D eigenvalue weighted by Crippen LogP contribution is 2.25. The number of pyridine rings is 1. The fourth-order valence-corrected chi connectivity index (χ4v) is 1.86. The van der Waals surface area contributed by atoms with E-state index in [1.807, 2.05) is 18.2 Å². The molecule has 0 aliphatic rings. The topological polar surface area (TPSA) is 38.9 Å². The standard InChI is InChI=1S/C13H13ClN2/c1-9-4-2-3-5-12(9)11-6-10(7-15)13(14)16-8-11/h2-6,8H,7,15H2,1H3. The first-order valence-corrected chi connectivity index (χ1v) is 5.50. The number of nitrogens with two attached hydrogens (primary N) is 1. The number of benzene rings is 1. The Hall–Kier alpha value is -1.38. The number of halogens is 1. The van der Waals surface area contributed by atoms with Gasteiger partial charge >= 0.3 is 0 Å². The van der Waals surface area contributed by atoms with E-state index in [4.69, 9.17) is 17.3 Å². The monoisotopic (exact) mass is 232 g/mol. The first-order chi connectivity index (χ1) is 7.72. The van der Waals surface area contributed by atoms with Gasteiger partial charge in [-0.15, -0.1) is 0 Å². The Bertz CT molecular complexity index is 509. The third-order valence-corrected chi connectivity index (χ3v) is 2.93. The Balaban J connectivity index is 2.53. The van der Waals surface area contributed by atoms with Crippen molar-refractivity contribution in [2.45, 2.75) is 13.5 Å². The molecular weight excluding hydrogens is 220 g/mol. The van der Waals surface area contributed by atoms with Gasteiger partial charge in [0, 0.05) is 23.9 Å². The predicted octanol–water partition coefficient (Wildman–Crippen LogP) is 3.17. The van der Waals surface area contributed by atoms with E-state index in [0.717, 1.165) is 11.1 Å². The Kier molecular flexibility index (Phi) is 3.22.